The van der Waals surface area contributed by atoms with Gasteiger partial charge in [0.05, 0.1) is 11.3 Å². The summed E-state index contributed by atoms with van der Waals surface area (Å²) in [5.74, 6) is -0.0284. The molecule has 0 fully saturated rings. The van der Waals surface area contributed by atoms with E-state index in [0.29, 0.717) is 5.56 Å². The molecular formula is C19H19BrClN3O. The highest BCUT2D eigenvalue weighted by Gasteiger charge is 2.19. The van der Waals surface area contributed by atoms with Crippen LogP contribution in [0.25, 0.3) is 17.0 Å². The normalized spacial score (nSPS) is 17.4. The van der Waals surface area contributed by atoms with Crippen LogP contribution in [0.15, 0.2) is 52.7 Å². The van der Waals surface area contributed by atoms with Crippen molar-refractivity contribution in [3.8, 4) is 0 Å². The average molecular weight is 421 g/mol. The summed E-state index contributed by atoms with van der Waals surface area (Å²) in [4.78, 5) is 19.5. The number of nitrogens with zero attached hydrogens (tertiary/aromatic N) is 2. The molecule has 130 valence electrons. The number of hydrogen-bond acceptors (Lipinski definition) is 2. The molecule has 25 heavy (non-hydrogen) atoms. The second kappa shape index (κ2) is 7.10. The van der Waals surface area contributed by atoms with E-state index < -0.39 is 0 Å². The lowest BCUT2D eigenvalue weighted by Gasteiger charge is -2.22. The number of carbonyl (C=O) groups excluding carboxylic acids is 1. The summed E-state index contributed by atoms with van der Waals surface area (Å²) in [6.07, 6.45) is 9.78. The zero-order valence-corrected chi connectivity index (χ0v) is 16.6. The Kier molecular flexibility index (Phi) is 5.06. The van der Waals surface area contributed by atoms with Crippen molar-refractivity contribution in [3.05, 3.63) is 63.9 Å². The van der Waals surface area contributed by atoms with Gasteiger partial charge >= 0.3 is 0 Å². The van der Waals surface area contributed by atoms with Gasteiger partial charge in [0.25, 0.3) is 5.91 Å². The molecule has 1 aromatic carbocycles. The summed E-state index contributed by atoms with van der Waals surface area (Å²) in [6, 6.07) is 5.87. The molecule has 0 saturated carbocycles. The molecule has 0 radical (unpaired) electrons. The minimum absolute atomic E-state index is 0.0284. The summed E-state index contributed by atoms with van der Waals surface area (Å²) < 4.78 is 0.966. The highest BCUT2D eigenvalue weighted by Crippen LogP contribution is 2.28. The van der Waals surface area contributed by atoms with Gasteiger partial charge < -0.3 is 14.8 Å². The van der Waals surface area contributed by atoms with E-state index in [1.807, 2.05) is 60.7 Å². The summed E-state index contributed by atoms with van der Waals surface area (Å²) in [5.41, 5.74) is 3.27. The lowest BCUT2D eigenvalue weighted by atomic mass is 10.1. The summed E-state index contributed by atoms with van der Waals surface area (Å²) in [7, 11) is 5.45. The van der Waals surface area contributed by atoms with Gasteiger partial charge in [0.1, 0.15) is 5.50 Å². The first-order valence-corrected chi connectivity index (χ1v) is 9.07. The van der Waals surface area contributed by atoms with Crippen molar-refractivity contribution < 1.29 is 4.79 Å². The second-order valence-electron chi connectivity index (χ2n) is 6.16. The molecule has 4 nitrogen and oxygen atoms in total. The minimum atomic E-state index is -0.131. The van der Waals surface area contributed by atoms with Crippen molar-refractivity contribution in [2.75, 3.05) is 21.1 Å². The second-order valence-corrected chi connectivity index (χ2v) is 7.53. The van der Waals surface area contributed by atoms with Crippen LogP contribution in [0.1, 0.15) is 16.1 Å². The Hall–Kier alpha value is -1.98. The number of fused-ring (bicyclic) bond motifs is 1. The summed E-state index contributed by atoms with van der Waals surface area (Å²) >= 11 is 9.61. The van der Waals surface area contributed by atoms with E-state index in [2.05, 4.69) is 20.9 Å². The number of amides is 1. The van der Waals surface area contributed by atoms with Crippen LogP contribution in [0.4, 0.5) is 0 Å². The number of likely N-dealkylation sites (N-methyl/N-ethyl adjacent to an activating group) is 1. The number of H-pyrrole nitrogens is 1. The maximum absolute atomic E-state index is 12.7. The molecule has 1 atom stereocenters. The average Bonchev–Trinajstić information content (AvgIpc) is 2.92. The Balaban J connectivity index is 2.05. The standard InChI is InChI=1S/C19H19BrClN3O/c1-23(2)19(25)18-14-7-6-13(20)10-16(14)22-15(18)8-4-12-5-9-17(21)24(3)11-12/h4-11,17,22H,1-3H3/b8-4+. The van der Waals surface area contributed by atoms with Gasteiger partial charge in [-0.1, -0.05) is 45.7 Å². The number of nitrogens with one attached hydrogen (secondary N) is 1. The van der Waals surface area contributed by atoms with Crippen molar-refractivity contribution in [1.82, 2.24) is 14.8 Å². The van der Waals surface area contributed by atoms with Crippen molar-refractivity contribution in [1.29, 1.82) is 0 Å². The van der Waals surface area contributed by atoms with Gasteiger partial charge in [-0.3, -0.25) is 4.79 Å². The lowest BCUT2D eigenvalue weighted by Crippen LogP contribution is -2.22. The van der Waals surface area contributed by atoms with Crippen LogP contribution in [0.5, 0.6) is 0 Å². The van der Waals surface area contributed by atoms with E-state index in [9.17, 15) is 4.79 Å². The summed E-state index contributed by atoms with van der Waals surface area (Å²) in [6.45, 7) is 0. The monoisotopic (exact) mass is 419 g/mol. The Labute approximate surface area is 160 Å². The molecule has 1 aromatic heterocycles. The van der Waals surface area contributed by atoms with Crippen LogP contribution in [0, 0.1) is 0 Å². The molecule has 1 unspecified atom stereocenters. The molecule has 1 aliphatic heterocycles. The molecule has 0 saturated heterocycles. The largest absolute Gasteiger partial charge is 0.361 e. The Morgan fingerprint density at radius 3 is 2.80 bits per heavy atom. The molecule has 1 amide bonds. The van der Waals surface area contributed by atoms with Crippen LogP contribution in [-0.2, 0) is 0 Å². The van der Waals surface area contributed by atoms with Crippen LogP contribution in [0.3, 0.4) is 0 Å². The van der Waals surface area contributed by atoms with E-state index in [-0.39, 0.29) is 11.4 Å². The zero-order valence-electron chi connectivity index (χ0n) is 14.3. The minimum Gasteiger partial charge on any atom is -0.361 e. The molecule has 0 spiro atoms. The first-order chi connectivity index (χ1) is 11.9. The van der Waals surface area contributed by atoms with Crippen LogP contribution in [-0.4, -0.2) is 47.3 Å². The van der Waals surface area contributed by atoms with Gasteiger partial charge in [0.2, 0.25) is 0 Å². The quantitative estimate of drug-likeness (QED) is 0.582. The van der Waals surface area contributed by atoms with Crippen LogP contribution >= 0.6 is 27.5 Å². The van der Waals surface area contributed by atoms with Gasteiger partial charge in [0, 0.05) is 42.7 Å². The number of halogens is 2. The molecule has 1 aliphatic rings. The maximum Gasteiger partial charge on any atom is 0.256 e. The molecule has 1 N–H and O–H groups in total. The molecular weight excluding hydrogens is 402 g/mol. The van der Waals surface area contributed by atoms with Gasteiger partial charge in [-0.15, -0.1) is 0 Å². The highest BCUT2D eigenvalue weighted by atomic mass is 79.9. The van der Waals surface area contributed by atoms with E-state index >= 15 is 0 Å². The third-order valence-corrected chi connectivity index (χ3v) is 4.99. The fourth-order valence-electron chi connectivity index (χ4n) is 2.72. The Morgan fingerprint density at radius 2 is 2.12 bits per heavy atom. The van der Waals surface area contributed by atoms with E-state index in [1.165, 1.54) is 0 Å². The van der Waals surface area contributed by atoms with Gasteiger partial charge in [-0.05, 0) is 29.9 Å². The van der Waals surface area contributed by atoms with Crippen molar-refractivity contribution in [3.63, 3.8) is 0 Å². The van der Waals surface area contributed by atoms with Crippen molar-refractivity contribution >= 4 is 50.4 Å². The number of allylic oxidation sites excluding steroid dienone is 3. The smallest absolute Gasteiger partial charge is 0.256 e. The topological polar surface area (TPSA) is 39.3 Å². The number of alkyl halides is 1. The van der Waals surface area contributed by atoms with E-state index in [4.69, 9.17) is 11.6 Å². The number of carbonyl (C=O) groups is 1. The zero-order chi connectivity index (χ0) is 18.1. The highest BCUT2D eigenvalue weighted by molar-refractivity contribution is 9.10. The third-order valence-electron chi connectivity index (χ3n) is 4.04. The van der Waals surface area contributed by atoms with Gasteiger partial charge in [0.15, 0.2) is 0 Å². The molecule has 3 rings (SSSR count). The van der Waals surface area contributed by atoms with Crippen LogP contribution < -0.4 is 0 Å². The fourth-order valence-corrected chi connectivity index (χ4v) is 3.21. The Morgan fingerprint density at radius 1 is 1.36 bits per heavy atom. The molecule has 2 aromatic rings. The van der Waals surface area contributed by atoms with Gasteiger partial charge in [-0.2, -0.15) is 0 Å². The van der Waals surface area contributed by atoms with Gasteiger partial charge in [-0.25, -0.2) is 0 Å². The van der Waals surface area contributed by atoms with Crippen molar-refractivity contribution in [2.24, 2.45) is 0 Å². The maximum atomic E-state index is 12.7. The predicted molar refractivity (Wildman–Crippen MR) is 108 cm³/mol. The SMILES string of the molecule is CN(C)C(=O)c1c(/C=C/C2=CN(C)C(Cl)C=C2)[nH]c2cc(Br)ccc12. The molecule has 6 heteroatoms. The van der Waals surface area contributed by atoms with E-state index in [1.54, 1.807) is 19.0 Å². The van der Waals surface area contributed by atoms with Crippen molar-refractivity contribution in [2.45, 2.75) is 5.50 Å². The number of aromatic nitrogens is 1. The third kappa shape index (κ3) is 3.67. The van der Waals surface area contributed by atoms with E-state index in [0.717, 1.165) is 26.6 Å². The number of aromatic amines is 1. The first-order valence-electron chi connectivity index (χ1n) is 7.84. The molecule has 0 aliphatic carbocycles. The number of hydrogen-bond donors (Lipinski definition) is 1. The molecule has 2 heterocycles. The lowest BCUT2D eigenvalue weighted by molar-refractivity contribution is 0.0829. The first kappa shape index (κ1) is 17.8. The number of benzene rings is 1. The Bertz CT molecular complexity index is 911. The molecule has 0 bridgehead atoms. The predicted octanol–water partition coefficient (Wildman–Crippen LogP) is 4.60. The fraction of sp³-hybridized carbons (Fsp3) is 0.211. The van der Waals surface area contributed by atoms with Crippen LogP contribution in [0.2, 0.25) is 0 Å². The summed E-state index contributed by atoms with van der Waals surface area (Å²) in [5, 5.41) is 0.910. The number of rotatable bonds is 3.